The summed E-state index contributed by atoms with van der Waals surface area (Å²) in [5.74, 6) is 1.50. The number of nitrogen functional groups attached to an aromatic ring is 1. The number of piperidine rings is 1. The Morgan fingerprint density at radius 2 is 1.59 bits per heavy atom. The first-order valence-electron chi connectivity index (χ1n) is 9.76. The van der Waals surface area contributed by atoms with Gasteiger partial charge in [-0.15, -0.1) is 0 Å². The van der Waals surface area contributed by atoms with Crippen molar-refractivity contribution < 1.29 is 4.39 Å². The van der Waals surface area contributed by atoms with Gasteiger partial charge >= 0.3 is 0 Å². The van der Waals surface area contributed by atoms with Crippen LogP contribution in [0.15, 0.2) is 30.6 Å². The molecular weight excluding hydrogens is 343 g/mol. The van der Waals surface area contributed by atoms with Crippen LogP contribution >= 0.6 is 0 Å². The molecule has 2 N–H and O–H groups in total. The molecule has 144 valence electrons. The number of hydrogen-bond donors (Lipinski definition) is 1. The van der Waals surface area contributed by atoms with E-state index in [-0.39, 0.29) is 5.82 Å². The van der Waals surface area contributed by atoms with Crippen molar-refractivity contribution in [2.24, 2.45) is 0 Å². The molecule has 2 saturated heterocycles. The van der Waals surface area contributed by atoms with E-state index in [4.69, 9.17) is 5.73 Å². The van der Waals surface area contributed by atoms with Gasteiger partial charge in [0.25, 0.3) is 0 Å². The Morgan fingerprint density at radius 1 is 0.926 bits per heavy atom. The molecule has 0 radical (unpaired) electrons. The number of rotatable bonds is 3. The largest absolute Gasteiger partial charge is 0.393 e. The standard InChI is InChI=1S/C20H27FN6/c1-15-4-2-3-9-27(15)20-18(22)19(23-14-24-20)26-12-10-25(11-13-26)17-7-5-16(21)6-8-17/h5-8,14-15H,2-4,9-13,22H2,1H3. The summed E-state index contributed by atoms with van der Waals surface area (Å²) >= 11 is 0. The summed E-state index contributed by atoms with van der Waals surface area (Å²) in [6, 6.07) is 7.14. The number of halogens is 1. The first kappa shape index (κ1) is 17.8. The van der Waals surface area contributed by atoms with Crippen molar-refractivity contribution in [2.45, 2.75) is 32.2 Å². The highest BCUT2D eigenvalue weighted by Crippen LogP contribution is 2.33. The van der Waals surface area contributed by atoms with E-state index in [2.05, 4.69) is 31.6 Å². The molecular formula is C20H27FN6. The van der Waals surface area contributed by atoms with E-state index < -0.39 is 0 Å². The minimum Gasteiger partial charge on any atom is -0.393 e. The summed E-state index contributed by atoms with van der Waals surface area (Å²) in [7, 11) is 0. The number of piperazine rings is 1. The molecule has 7 heteroatoms. The molecule has 1 aromatic carbocycles. The van der Waals surface area contributed by atoms with Crippen molar-refractivity contribution in [2.75, 3.05) is 53.2 Å². The average molecular weight is 370 g/mol. The van der Waals surface area contributed by atoms with Crippen molar-refractivity contribution in [3.63, 3.8) is 0 Å². The zero-order chi connectivity index (χ0) is 18.8. The number of aromatic nitrogens is 2. The number of anilines is 4. The highest BCUT2D eigenvalue weighted by molar-refractivity contribution is 5.76. The van der Waals surface area contributed by atoms with Crippen LogP contribution in [0.3, 0.4) is 0 Å². The molecule has 0 bridgehead atoms. The van der Waals surface area contributed by atoms with E-state index in [0.717, 1.165) is 50.0 Å². The molecule has 0 spiro atoms. The predicted molar refractivity (Wildman–Crippen MR) is 108 cm³/mol. The summed E-state index contributed by atoms with van der Waals surface area (Å²) < 4.78 is 13.1. The Morgan fingerprint density at radius 3 is 2.30 bits per heavy atom. The lowest BCUT2D eigenvalue weighted by molar-refractivity contribution is 0.481. The highest BCUT2D eigenvalue weighted by atomic mass is 19.1. The zero-order valence-electron chi connectivity index (χ0n) is 15.8. The van der Waals surface area contributed by atoms with Crippen LogP contribution in [-0.2, 0) is 0 Å². The van der Waals surface area contributed by atoms with Gasteiger partial charge in [0.1, 0.15) is 17.8 Å². The second-order valence-corrected chi connectivity index (χ2v) is 7.42. The van der Waals surface area contributed by atoms with E-state index in [1.54, 1.807) is 6.33 Å². The summed E-state index contributed by atoms with van der Waals surface area (Å²) in [5, 5.41) is 0. The summed E-state index contributed by atoms with van der Waals surface area (Å²) in [6.45, 7) is 6.60. The fraction of sp³-hybridized carbons (Fsp3) is 0.500. The predicted octanol–water partition coefficient (Wildman–Crippen LogP) is 2.90. The van der Waals surface area contributed by atoms with Crippen molar-refractivity contribution >= 4 is 23.0 Å². The summed E-state index contributed by atoms with van der Waals surface area (Å²) in [4.78, 5) is 15.8. The summed E-state index contributed by atoms with van der Waals surface area (Å²) in [6.07, 6.45) is 5.25. The second kappa shape index (κ2) is 7.58. The van der Waals surface area contributed by atoms with Crippen LogP contribution in [0, 0.1) is 5.82 Å². The highest BCUT2D eigenvalue weighted by Gasteiger charge is 2.26. The van der Waals surface area contributed by atoms with Crippen LogP contribution in [0.25, 0.3) is 0 Å². The van der Waals surface area contributed by atoms with E-state index in [9.17, 15) is 4.39 Å². The van der Waals surface area contributed by atoms with Gasteiger partial charge in [0.2, 0.25) is 0 Å². The molecule has 2 fully saturated rings. The molecule has 2 aromatic rings. The van der Waals surface area contributed by atoms with Crippen LogP contribution in [0.4, 0.5) is 27.4 Å². The Bertz CT molecular complexity index is 773. The van der Waals surface area contributed by atoms with Crippen molar-refractivity contribution in [3.05, 3.63) is 36.4 Å². The Hall–Kier alpha value is -2.57. The van der Waals surface area contributed by atoms with E-state index in [1.165, 1.54) is 31.4 Å². The van der Waals surface area contributed by atoms with Crippen LogP contribution in [0.5, 0.6) is 0 Å². The quantitative estimate of drug-likeness (QED) is 0.896. The van der Waals surface area contributed by atoms with Crippen molar-refractivity contribution in [1.82, 2.24) is 9.97 Å². The van der Waals surface area contributed by atoms with Crippen molar-refractivity contribution in [3.8, 4) is 0 Å². The first-order valence-corrected chi connectivity index (χ1v) is 9.76. The third-order valence-electron chi connectivity index (χ3n) is 5.69. The lowest BCUT2D eigenvalue weighted by Gasteiger charge is -2.38. The molecule has 1 aromatic heterocycles. The average Bonchev–Trinajstić information content (AvgIpc) is 2.70. The maximum absolute atomic E-state index is 13.1. The van der Waals surface area contributed by atoms with Crippen LogP contribution in [-0.4, -0.2) is 48.7 Å². The molecule has 2 aliphatic heterocycles. The Balaban J connectivity index is 1.48. The third-order valence-corrected chi connectivity index (χ3v) is 5.69. The van der Waals surface area contributed by atoms with Gasteiger partial charge in [0.05, 0.1) is 0 Å². The van der Waals surface area contributed by atoms with Crippen molar-refractivity contribution in [1.29, 1.82) is 0 Å². The second-order valence-electron chi connectivity index (χ2n) is 7.42. The topological polar surface area (TPSA) is 61.5 Å². The van der Waals surface area contributed by atoms with E-state index in [0.29, 0.717) is 11.7 Å². The number of nitrogens with two attached hydrogens (primary N) is 1. The minimum absolute atomic E-state index is 0.203. The van der Waals surface area contributed by atoms with Gasteiger partial charge in [-0.1, -0.05) is 0 Å². The molecule has 3 heterocycles. The number of nitrogens with zero attached hydrogens (tertiary/aromatic N) is 5. The maximum atomic E-state index is 13.1. The van der Waals surface area contributed by atoms with Gasteiger partial charge in [0, 0.05) is 44.5 Å². The number of hydrogen-bond acceptors (Lipinski definition) is 6. The van der Waals surface area contributed by atoms with Gasteiger partial charge in [-0.2, -0.15) is 0 Å². The van der Waals surface area contributed by atoms with Gasteiger partial charge in [-0.05, 0) is 50.5 Å². The molecule has 0 aliphatic carbocycles. The van der Waals surface area contributed by atoms with Crippen LogP contribution < -0.4 is 20.4 Å². The third kappa shape index (κ3) is 3.63. The normalized spacial score (nSPS) is 20.8. The molecule has 0 saturated carbocycles. The van der Waals surface area contributed by atoms with Crippen LogP contribution in [0.1, 0.15) is 26.2 Å². The first-order chi connectivity index (χ1) is 13.1. The van der Waals surface area contributed by atoms with Gasteiger partial charge in [-0.25, -0.2) is 14.4 Å². The fourth-order valence-corrected chi connectivity index (χ4v) is 4.10. The number of benzene rings is 1. The van der Waals surface area contributed by atoms with Crippen LogP contribution in [0.2, 0.25) is 0 Å². The Kier molecular flexibility index (Phi) is 5.01. The van der Waals surface area contributed by atoms with Gasteiger partial charge < -0.3 is 20.4 Å². The molecule has 2 aliphatic rings. The molecule has 0 amide bonds. The van der Waals surface area contributed by atoms with Gasteiger partial charge in [0.15, 0.2) is 11.6 Å². The zero-order valence-corrected chi connectivity index (χ0v) is 15.8. The molecule has 4 rings (SSSR count). The maximum Gasteiger partial charge on any atom is 0.157 e. The summed E-state index contributed by atoms with van der Waals surface area (Å²) in [5.41, 5.74) is 8.24. The SMILES string of the molecule is CC1CCCCN1c1ncnc(N2CCN(c3ccc(F)cc3)CC2)c1N. The lowest BCUT2D eigenvalue weighted by Crippen LogP contribution is -2.47. The smallest absolute Gasteiger partial charge is 0.157 e. The fourth-order valence-electron chi connectivity index (χ4n) is 4.10. The Labute approximate surface area is 159 Å². The molecule has 1 unspecified atom stereocenters. The molecule has 1 atom stereocenters. The molecule has 6 nitrogen and oxygen atoms in total. The minimum atomic E-state index is -0.203. The molecule has 27 heavy (non-hydrogen) atoms. The van der Waals surface area contributed by atoms with E-state index in [1.807, 2.05) is 12.1 Å². The van der Waals surface area contributed by atoms with E-state index >= 15 is 0 Å². The lowest BCUT2D eigenvalue weighted by atomic mass is 10.0. The monoisotopic (exact) mass is 370 g/mol. The van der Waals surface area contributed by atoms with Gasteiger partial charge in [-0.3, -0.25) is 0 Å².